The Morgan fingerprint density at radius 3 is 2.83 bits per heavy atom. The zero-order valence-electron chi connectivity index (χ0n) is 12.0. The second kappa shape index (κ2) is 6.39. The molecule has 18 heavy (non-hydrogen) atoms. The van der Waals surface area contributed by atoms with Crippen LogP contribution in [-0.4, -0.2) is 23.8 Å². The van der Waals surface area contributed by atoms with E-state index in [-0.39, 0.29) is 0 Å². The number of rotatable bonds is 5. The van der Waals surface area contributed by atoms with E-state index in [2.05, 4.69) is 36.8 Å². The molecule has 1 aromatic rings. The summed E-state index contributed by atoms with van der Waals surface area (Å²) in [5, 5.41) is 3.54. The lowest BCUT2D eigenvalue weighted by Gasteiger charge is -2.22. The number of nitrogens with one attached hydrogen (secondary N) is 1. The van der Waals surface area contributed by atoms with E-state index in [1.54, 1.807) is 0 Å². The van der Waals surface area contributed by atoms with Crippen molar-refractivity contribution >= 4 is 0 Å². The van der Waals surface area contributed by atoms with Crippen LogP contribution in [0.25, 0.3) is 0 Å². The molecule has 1 atom stereocenters. The maximum absolute atomic E-state index is 5.73. The lowest BCUT2D eigenvalue weighted by Crippen LogP contribution is -2.25. The van der Waals surface area contributed by atoms with E-state index in [4.69, 9.17) is 4.74 Å². The highest BCUT2D eigenvalue weighted by Gasteiger charge is 2.13. The number of hydrogen-bond acceptors (Lipinski definition) is 2. The fraction of sp³-hybridized carbons (Fsp3) is 0.733. The molecule has 1 aliphatic heterocycles. The van der Waals surface area contributed by atoms with E-state index >= 15 is 0 Å². The molecule has 1 aromatic heterocycles. The van der Waals surface area contributed by atoms with Gasteiger partial charge in [0, 0.05) is 31.6 Å². The van der Waals surface area contributed by atoms with Gasteiger partial charge in [-0.2, -0.15) is 0 Å². The van der Waals surface area contributed by atoms with Crippen molar-refractivity contribution in [2.45, 2.75) is 52.2 Å². The SMILES string of the molecule is Cc1cc(CNCCC2CCCCO2)c(C)n1C. The topological polar surface area (TPSA) is 26.2 Å². The van der Waals surface area contributed by atoms with E-state index in [1.807, 2.05) is 0 Å². The molecular formula is C15H26N2O. The Balaban J connectivity index is 1.70. The molecule has 0 spiro atoms. The summed E-state index contributed by atoms with van der Waals surface area (Å²) in [7, 11) is 2.13. The van der Waals surface area contributed by atoms with E-state index in [9.17, 15) is 0 Å². The van der Waals surface area contributed by atoms with Crippen LogP contribution in [0, 0.1) is 13.8 Å². The fourth-order valence-corrected chi connectivity index (χ4v) is 2.63. The molecule has 0 aromatic carbocycles. The quantitative estimate of drug-likeness (QED) is 0.813. The number of aryl methyl sites for hydroxylation is 1. The van der Waals surface area contributed by atoms with Crippen LogP contribution in [0.5, 0.6) is 0 Å². The molecule has 0 saturated carbocycles. The van der Waals surface area contributed by atoms with E-state index in [0.29, 0.717) is 6.10 Å². The Morgan fingerprint density at radius 1 is 1.39 bits per heavy atom. The van der Waals surface area contributed by atoms with Gasteiger partial charge in [-0.05, 0) is 57.7 Å². The van der Waals surface area contributed by atoms with Gasteiger partial charge in [0.2, 0.25) is 0 Å². The molecule has 1 fully saturated rings. The summed E-state index contributed by atoms with van der Waals surface area (Å²) in [4.78, 5) is 0. The highest BCUT2D eigenvalue weighted by atomic mass is 16.5. The smallest absolute Gasteiger partial charge is 0.0587 e. The fourth-order valence-electron chi connectivity index (χ4n) is 2.63. The van der Waals surface area contributed by atoms with Crippen molar-refractivity contribution in [2.24, 2.45) is 7.05 Å². The molecule has 1 N–H and O–H groups in total. The maximum atomic E-state index is 5.73. The second-order valence-electron chi connectivity index (χ2n) is 5.41. The van der Waals surface area contributed by atoms with Crippen molar-refractivity contribution in [3.63, 3.8) is 0 Å². The summed E-state index contributed by atoms with van der Waals surface area (Å²) in [6.07, 6.45) is 5.45. The summed E-state index contributed by atoms with van der Waals surface area (Å²) in [5.74, 6) is 0. The van der Waals surface area contributed by atoms with E-state index in [0.717, 1.165) is 26.1 Å². The van der Waals surface area contributed by atoms with Crippen LogP contribution in [0.15, 0.2) is 6.07 Å². The number of aromatic nitrogens is 1. The molecule has 0 bridgehead atoms. The summed E-state index contributed by atoms with van der Waals surface area (Å²) in [6, 6.07) is 2.28. The average Bonchev–Trinajstić information content (AvgIpc) is 2.64. The van der Waals surface area contributed by atoms with Gasteiger partial charge in [0.1, 0.15) is 0 Å². The Kier molecular flexibility index (Phi) is 4.84. The van der Waals surface area contributed by atoms with Crippen LogP contribution in [0.3, 0.4) is 0 Å². The van der Waals surface area contributed by atoms with Gasteiger partial charge >= 0.3 is 0 Å². The van der Waals surface area contributed by atoms with Gasteiger partial charge in [0.05, 0.1) is 6.10 Å². The van der Waals surface area contributed by atoms with E-state index < -0.39 is 0 Å². The first-order chi connectivity index (χ1) is 8.68. The highest BCUT2D eigenvalue weighted by Crippen LogP contribution is 2.15. The molecule has 0 radical (unpaired) electrons. The standard InChI is InChI=1S/C15H26N2O/c1-12-10-14(13(2)17(12)3)11-16-8-7-15-6-4-5-9-18-15/h10,15-16H,4-9,11H2,1-3H3. The van der Waals surface area contributed by atoms with Crippen LogP contribution in [-0.2, 0) is 18.3 Å². The van der Waals surface area contributed by atoms with Gasteiger partial charge < -0.3 is 14.6 Å². The molecular weight excluding hydrogens is 224 g/mol. The molecule has 1 saturated heterocycles. The van der Waals surface area contributed by atoms with Crippen LogP contribution >= 0.6 is 0 Å². The lowest BCUT2D eigenvalue weighted by atomic mass is 10.1. The van der Waals surface area contributed by atoms with Crippen molar-refractivity contribution in [1.29, 1.82) is 0 Å². The third-order valence-electron chi connectivity index (χ3n) is 4.11. The predicted octanol–water partition coefficient (Wildman–Crippen LogP) is 2.69. The van der Waals surface area contributed by atoms with Gasteiger partial charge in [-0.3, -0.25) is 0 Å². The Morgan fingerprint density at radius 2 is 2.22 bits per heavy atom. The molecule has 2 rings (SSSR count). The molecule has 3 heteroatoms. The third kappa shape index (κ3) is 3.36. The predicted molar refractivity (Wildman–Crippen MR) is 74.8 cm³/mol. The first-order valence-electron chi connectivity index (χ1n) is 7.12. The van der Waals surface area contributed by atoms with Crippen LogP contribution in [0.2, 0.25) is 0 Å². The Hall–Kier alpha value is -0.800. The minimum atomic E-state index is 0.491. The molecule has 0 aliphatic carbocycles. The van der Waals surface area contributed by atoms with Crippen molar-refractivity contribution in [3.05, 3.63) is 23.0 Å². The zero-order valence-corrected chi connectivity index (χ0v) is 12.0. The third-order valence-corrected chi connectivity index (χ3v) is 4.11. The number of nitrogens with zero attached hydrogens (tertiary/aromatic N) is 1. The monoisotopic (exact) mass is 250 g/mol. The van der Waals surface area contributed by atoms with Crippen LogP contribution < -0.4 is 5.32 Å². The van der Waals surface area contributed by atoms with Crippen LogP contribution in [0.4, 0.5) is 0 Å². The first-order valence-corrected chi connectivity index (χ1v) is 7.12. The number of ether oxygens (including phenoxy) is 1. The van der Waals surface area contributed by atoms with Crippen LogP contribution in [0.1, 0.15) is 42.6 Å². The lowest BCUT2D eigenvalue weighted by molar-refractivity contribution is 0.0115. The second-order valence-corrected chi connectivity index (χ2v) is 5.41. The molecule has 102 valence electrons. The average molecular weight is 250 g/mol. The normalized spacial score (nSPS) is 20.3. The van der Waals surface area contributed by atoms with Gasteiger partial charge in [0.25, 0.3) is 0 Å². The number of hydrogen-bond donors (Lipinski definition) is 1. The van der Waals surface area contributed by atoms with Crippen molar-refractivity contribution in [1.82, 2.24) is 9.88 Å². The van der Waals surface area contributed by atoms with E-state index in [1.165, 1.54) is 36.2 Å². The summed E-state index contributed by atoms with van der Waals surface area (Å²) >= 11 is 0. The molecule has 0 amide bonds. The maximum Gasteiger partial charge on any atom is 0.0587 e. The van der Waals surface area contributed by atoms with Crippen molar-refractivity contribution < 1.29 is 4.74 Å². The van der Waals surface area contributed by atoms with Crippen molar-refractivity contribution in [2.75, 3.05) is 13.2 Å². The van der Waals surface area contributed by atoms with Gasteiger partial charge in [-0.25, -0.2) is 0 Å². The van der Waals surface area contributed by atoms with Gasteiger partial charge in [0.15, 0.2) is 0 Å². The highest BCUT2D eigenvalue weighted by molar-refractivity contribution is 5.26. The first kappa shape index (κ1) is 13.6. The molecule has 3 nitrogen and oxygen atoms in total. The molecule has 2 heterocycles. The van der Waals surface area contributed by atoms with Crippen molar-refractivity contribution in [3.8, 4) is 0 Å². The molecule has 1 aliphatic rings. The molecule has 1 unspecified atom stereocenters. The Labute approximate surface area is 111 Å². The minimum absolute atomic E-state index is 0.491. The Bertz CT molecular complexity index is 378. The summed E-state index contributed by atoms with van der Waals surface area (Å²) < 4.78 is 7.98. The zero-order chi connectivity index (χ0) is 13.0. The van der Waals surface area contributed by atoms with Gasteiger partial charge in [-0.15, -0.1) is 0 Å². The largest absolute Gasteiger partial charge is 0.378 e. The summed E-state index contributed by atoms with van der Waals surface area (Å²) in [6.45, 7) is 7.33. The summed E-state index contributed by atoms with van der Waals surface area (Å²) in [5.41, 5.74) is 4.12. The minimum Gasteiger partial charge on any atom is -0.378 e. The van der Waals surface area contributed by atoms with Gasteiger partial charge in [-0.1, -0.05) is 0 Å².